The van der Waals surface area contributed by atoms with Gasteiger partial charge in [0, 0.05) is 6.61 Å². The van der Waals surface area contributed by atoms with Gasteiger partial charge in [0.1, 0.15) is 0 Å². The highest BCUT2D eigenvalue weighted by molar-refractivity contribution is 5.05. The minimum Gasteiger partial charge on any atom is -0.378 e. The van der Waals surface area contributed by atoms with Gasteiger partial charge in [0.15, 0.2) is 0 Å². The molecule has 4 atom stereocenters. The Kier molecular flexibility index (Phi) is 2.41. The summed E-state index contributed by atoms with van der Waals surface area (Å²) in [5.41, 5.74) is 1.15. The molecule has 92 valence electrons. The van der Waals surface area contributed by atoms with Crippen molar-refractivity contribution in [3.05, 3.63) is 0 Å². The molecule has 0 bridgehead atoms. The third-order valence-corrected chi connectivity index (χ3v) is 6.07. The molecule has 1 heteroatoms. The van der Waals surface area contributed by atoms with Crippen LogP contribution in [0.25, 0.3) is 0 Å². The fourth-order valence-corrected chi connectivity index (χ4v) is 5.35. The molecule has 0 aromatic heterocycles. The molecule has 3 rings (SSSR count). The van der Waals surface area contributed by atoms with Crippen molar-refractivity contribution in [2.45, 2.75) is 65.4 Å². The molecule has 1 aliphatic heterocycles. The second-order valence-corrected chi connectivity index (χ2v) is 7.28. The quantitative estimate of drug-likeness (QED) is 0.601. The van der Waals surface area contributed by atoms with Gasteiger partial charge in [0.25, 0.3) is 0 Å². The van der Waals surface area contributed by atoms with E-state index in [4.69, 9.17) is 4.74 Å². The Balaban J connectivity index is 1.93. The van der Waals surface area contributed by atoms with Crippen LogP contribution in [0.3, 0.4) is 0 Å². The summed E-state index contributed by atoms with van der Waals surface area (Å²) in [6, 6.07) is 0. The van der Waals surface area contributed by atoms with Gasteiger partial charge in [-0.3, -0.25) is 0 Å². The molecule has 16 heavy (non-hydrogen) atoms. The third-order valence-electron chi connectivity index (χ3n) is 6.07. The number of ether oxygens (including phenoxy) is 1. The van der Waals surface area contributed by atoms with Gasteiger partial charge < -0.3 is 4.74 Å². The molecular formula is C15H26O. The van der Waals surface area contributed by atoms with Gasteiger partial charge >= 0.3 is 0 Å². The van der Waals surface area contributed by atoms with Gasteiger partial charge in [0.2, 0.25) is 0 Å². The Hall–Kier alpha value is -0.0400. The highest BCUT2D eigenvalue weighted by atomic mass is 16.5. The summed E-state index contributed by atoms with van der Waals surface area (Å²) in [7, 11) is 0. The molecule has 3 fully saturated rings. The van der Waals surface area contributed by atoms with Crippen LogP contribution in [0.15, 0.2) is 0 Å². The van der Waals surface area contributed by atoms with Crippen molar-refractivity contribution in [2.24, 2.45) is 22.7 Å². The van der Waals surface area contributed by atoms with Crippen molar-refractivity contribution in [3.63, 3.8) is 0 Å². The number of rotatable bonds is 0. The van der Waals surface area contributed by atoms with Crippen LogP contribution in [0.4, 0.5) is 0 Å². The molecular weight excluding hydrogens is 196 g/mol. The zero-order chi connectivity index (χ0) is 11.4. The first-order chi connectivity index (χ1) is 7.54. The number of hydrogen-bond donors (Lipinski definition) is 0. The average Bonchev–Trinajstić information content (AvgIpc) is 2.65. The van der Waals surface area contributed by atoms with E-state index in [1.807, 2.05) is 0 Å². The van der Waals surface area contributed by atoms with E-state index in [9.17, 15) is 0 Å². The molecule has 1 heterocycles. The first kappa shape index (κ1) is 11.1. The van der Waals surface area contributed by atoms with Crippen molar-refractivity contribution in [3.8, 4) is 0 Å². The van der Waals surface area contributed by atoms with E-state index in [-0.39, 0.29) is 0 Å². The zero-order valence-corrected chi connectivity index (χ0v) is 11.1. The topological polar surface area (TPSA) is 9.23 Å². The maximum absolute atomic E-state index is 5.94. The van der Waals surface area contributed by atoms with Crippen molar-refractivity contribution >= 4 is 0 Å². The Labute approximate surface area is 99.9 Å². The SMILES string of the molecule is CC1(C)CCC[C@]2(C)[C@@H]3CCO[C@H]3CC[C@@H]12. The lowest BCUT2D eigenvalue weighted by Crippen LogP contribution is -2.51. The largest absolute Gasteiger partial charge is 0.378 e. The van der Waals surface area contributed by atoms with E-state index in [1.54, 1.807) is 0 Å². The zero-order valence-electron chi connectivity index (χ0n) is 11.1. The normalized spacial score (nSPS) is 50.8. The molecule has 0 radical (unpaired) electrons. The molecule has 3 aliphatic rings. The molecule has 0 aromatic rings. The first-order valence-corrected chi connectivity index (χ1v) is 7.16. The van der Waals surface area contributed by atoms with Crippen LogP contribution >= 0.6 is 0 Å². The lowest BCUT2D eigenvalue weighted by atomic mass is 9.48. The van der Waals surface area contributed by atoms with E-state index < -0.39 is 0 Å². The van der Waals surface area contributed by atoms with Crippen LogP contribution in [0.1, 0.15) is 59.3 Å². The second-order valence-electron chi connectivity index (χ2n) is 7.28. The number of fused-ring (bicyclic) bond motifs is 3. The van der Waals surface area contributed by atoms with E-state index in [2.05, 4.69) is 20.8 Å². The summed E-state index contributed by atoms with van der Waals surface area (Å²) in [5.74, 6) is 1.81. The predicted molar refractivity (Wildman–Crippen MR) is 66.3 cm³/mol. The van der Waals surface area contributed by atoms with E-state index in [0.29, 0.717) is 16.9 Å². The van der Waals surface area contributed by atoms with Crippen LogP contribution in [0, 0.1) is 22.7 Å². The van der Waals surface area contributed by atoms with Gasteiger partial charge in [0.05, 0.1) is 6.10 Å². The maximum atomic E-state index is 5.94. The van der Waals surface area contributed by atoms with E-state index >= 15 is 0 Å². The summed E-state index contributed by atoms with van der Waals surface area (Å²) in [6.45, 7) is 8.61. The standard InChI is InChI=1S/C15H26O/c1-14(2)8-4-9-15(3)11-7-10-16-12(11)5-6-13(14)15/h11-13H,4-10H2,1-3H3/t11-,12+,13+,15-/m1/s1. The first-order valence-electron chi connectivity index (χ1n) is 7.16. The minimum atomic E-state index is 0.570. The lowest BCUT2D eigenvalue weighted by Gasteiger charge is -2.57. The van der Waals surface area contributed by atoms with E-state index in [1.165, 1.54) is 38.5 Å². The molecule has 2 saturated carbocycles. The highest BCUT2D eigenvalue weighted by Gasteiger charge is 2.55. The Bertz CT molecular complexity index is 283. The molecule has 1 saturated heterocycles. The molecule has 0 unspecified atom stereocenters. The molecule has 2 aliphatic carbocycles. The number of hydrogen-bond acceptors (Lipinski definition) is 1. The Morgan fingerprint density at radius 1 is 1.00 bits per heavy atom. The fraction of sp³-hybridized carbons (Fsp3) is 1.00. The molecule has 0 spiro atoms. The second kappa shape index (κ2) is 3.48. The maximum Gasteiger partial charge on any atom is 0.0609 e. The van der Waals surface area contributed by atoms with Crippen molar-refractivity contribution in [2.75, 3.05) is 6.61 Å². The third kappa shape index (κ3) is 1.40. The van der Waals surface area contributed by atoms with Crippen LogP contribution in [-0.2, 0) is 4.74 Å². The molecule has 1 nitrogen and oxygen atoms in total. The van der Waals surface area contributed by atoms with Gasteiger partial charge in [-0.1, -0.05) is 27.2 Å². The average molecular weight is 222 g/mol. The van der Waals surface area contributed by atoms with Crippen LogP contribution in [0.5, 0.6) is 0 Å². The fourth-order valence-electron chi connectivity index (χ4n) is 5.35. The van der Waals surface area contributed by atoms with Crippen molar-refractivity contribution < 1.29 is 4.74 Å². The Morgan fingerprint density at radius 3 is 2.62 bits per heavy atom. The van der Waals surface area contributed by atoms with Crippen LogP contribution in [-0.4, -0.2) is 12.7 Å². The van der Waals surface area contributed by atoms with Crippen LogP contribution in [0.2, 0.25) is 0 Å². The summed E-state index contributed by atoms with van der Waals surface area (Å²) >= 11 is 0. The molecule has 0 N–H and O–H groups in total. The van der Waals surface area contributed by atoms with E-state index in [0.717, 1.165) is 18.4 Å². The summed E-state index contributed by atoms with van der Waals surface area (Å²) in [6.07, 6.45) is 8.99. The smallest absolute Gasteiger partial charge is 0.0609 e. The molecule has 0 amide bonds. The minimum absolute atomic E-state index is 0.570. The lowest BCUT2D eigenvalue weighted by molar-refractivity contribution is -0.104. The highest BCUT2D eigenvalue weighted by Crippen LogP contribution is 2.61. The van der Waals surface area contributed by atoms with Gasteiger partial charge in [-0.15, -0.1) is 0 Å². The monoisotopic (exact) mass is 222 g/mol. The van der Waals surface area contributed by atoms with Crippen molar-refractivity contribution in [1.82, 2.24) is 0 Å². The van der Waals surface area contributed by atoms with Gasteiger partial charge in [-0.2, -0.15) is 0 Å². The Morgan fingerprint density at radius 2 is 1.81 bits per heavy atom. The summed E-state index contributed by atoms with van der Waals surface area (Å²) < 4.78 is 5.94. The van der Waals surface area contributed by atoms with Crippen molar-refractivity contribution in [1.29, 1.82) is 0 Å². The summed E-state index contributed by atoms with van der Waals surface area (Å²) in [5, 5.41) is 0. The summed E-state index contributed by atoms with van der Waals surface area (Å²) in [4.78, 5) is 0. The molecule has 0 aromatic carbocycles. The van der Waals surface area contributed by atoms with Gasteiger partial charge in [-0.25, -0.2) is 0 Å². The predicted octanol–water partition coefficient (Wildman–Crippen LogP) is 4.02. The van der Waals surface area contributed by atoms with Gasteiger partial charge in [-0.05, 0) is 54.8 Å². The van der Waals surface area contributed by atoms with Crippen LogP contribution < -0.4 is 0 Å².